The van der Waals surface area contributed by atoms with Gasteiger partial charge < -0.3 is 14.5 Å². The third-order valence-corrected chi connectivity index (χ3v) is 5.74. The number of pyridine rings is 2. The van der Waals surface area contributed by atoms with Crippen molar-refractivity contribution in [3.63, 3.8) is 0 Å². The summed E-state index contributed by atoms with van der Waals surface area (Å²) < 4.78 is 11.0. The van der Waals surface area contributed by atoms with E-state index in [9.17, 15) is 4.79 Å². The van der Waals surface area contributed by atoms with E-state index in [1.54, 1.807) is 25.4 Å². The number of ether oxygens (including phenoxy) is 1. The van der Waals surface area contributed by atoms with Crippen LogP contribution in [0.3, 0.4) is 0 Å². The van der Waals surface area contributed by atoms with Gasteiger partial charge in [-0.1, -0.05) is 0 Å². The normalized spacial score (nSPS) is 22.4. The second-order valence-corrected chi connectivity index (χ2v) is 7.66. The van der Waals surface area contributed by atoms with Crippen molar-refractivity contribution in [3.05, 3.63) is 36.5 Å². The van der Waals surface area contributed by atoms with Crippen LogP contribution in [0.2, 0.25) is 0 Å². The highest BCUT2D eigenvalue weighted by Crippen LogP contribution is 2.33. The fourth-order valence-corrected chi connectivity index (χ4v) is 3.97. The van der Waals surface area contributed by atoms with Crippen LogP contribution < -0.4 is 5.32 Å². The first-order chi connectivity index (χ1) is 14.2. The smallest absolute Gasteiger partial charge is 0.228 e. The molecule has 2 aliphatic rings. The Morgan fingerprint density at radius 1 is 1.17 bits per heavy atom. The summed E-state index contributed by atoms with van der Waals surface area (Å²) in [5.74, 6) is 1.81. The molecular weight excluding hydrogens is 370 g/mol. The molecule has 2 fully saturated rings. The van der Waals surface area contributed by atoms with Gasteiger partial charge in [0, 0.05) is 49.6 Å². The second-order valence-electron chi connectivity index (χ2n) is 7.66. The van der Waals surface area contributed by atoms with Crippen LogP contribution >= 0.6 is 0 Å². The second kappa shape index (κ2) is 7.53. The highest BCUT2D eigenvalue weighted by Gasteiger charge is 2.38. The lowest BCUT2D eigenvalue weighted by Gasteiger charge is -2.43. The molecule has 29 heavy (non-hydrogen) atoms. The summed E-state index contributed by atoms with van der Waals surface area (Å²) in [4.78, 5) is 28.2. The van der Waals surface area contributed by atoms with Crippen molar-refractivity contribution in [2.24, 2.45) is 5.92 Å². The Bertz CT molecular complexity index is 1040. The summed E-state index contributed by atoms with van der Waals surface area (Å²) in [6, 6.07) is 6.11. The number of amides is 1. The van der Waals surface area contributed by atoms with Crippen LogP contribution in [0.1, 0.15) is 18.7 Å². The zero-order valence-corrected chi connectivity index (χ0v) is 16.3. The summed E-state index contributed by atoms with van der Waals surface area (Å²) in [6.07, 6.45) is 5.18. The standard InChI is InChI=1S/C21H23N5O3/c1-13-22-12-19(29-13)17-3-2-14-11-23-20(10-18(14)24-17)25-21(27)15-8-16(9-15)26-4-6-28-7-5-26/h2-3,10-12,15-16H,4-9H2,1H3,(H,23,25,27). The third kappa shape index (κ3) is 3.73. The molecule has 150 valence electrons. The maximum atomic E-state index is 12.6. The van der Waals surface area contributed by atoms with Crippen LogP contribution in [0.15, 0.2) is 35.0 Å². The summed E-state index contributed by atoms with van der Waals surface area (Å²) in [6.45, 7) is 5.30. The number of aryl methyl sites for hydroxylation is 1. The monoisotopic (exact) mass is 393 g/mol. The van der Waals surface area contributed by atoms with Crippen LogP contribution in [0.4, 0.5) is 5.82 Å². The summed E-state index contributed by atoms with van der Waals surface area (Å²) in [5, 5.41) is 3.86. The first kappa shape index (κ1) is 18.2. The molecule has 1 saturated heterocycles. The van der Waals surface area contributed by atoms with Crippen molar-refractivity contribution in [1.82, 2.24) is 19.9 Å². The van der Waals surface area contributed by atoms with Gasteiger partial charge in [0.2, 0.25) is 5.91 Å². The van der Waals surface area contributed by atoms with Gasteiger partial charge in [-0.3, -0.25) is 9.69 Å². The van der Waals surface area contributed by atoms with Crippen molar-refractivity contribution in [2.45, 2.75) is 25.8 Å². The molecule has 1 aliphatic heterocycles. The molecule has 0 aromatic carbocycles. The number of rotatable bonds is 4. The van der Waals surface area contributed by atoms with E-state index in [4.69, 9.17) is 9.15 Å². The number of aromatic nitrogens is 3. The minimum absolute atomic E-state index is 0.0309. The van der Waals surface area contributed by atoms with Gasteiger partial charge in [-0.25, -0.2) is 15.0 Å². The molecule has 8 heteroatoms. The SMILES string of the molecule is Cc1ncc(-c2ccc3cnc(NC(=O)C4CC(N5CCOCC5)C4)cc3n2)o1. The molecule has 1 amide bonds. The highest BCUT2D eigenvalue weighted by atomic mass is 16.5. The average Bonchev–Trinajstić information content (AvgIpc) is 3.13. The molecule has 3 aromatic heterocycles. The minimum Gasteiger partial charge on any atom is -0.439 e. The molecule has 3 aromatic rings. The molecule has 4 heterocycles. The number of carbonyl (C=O) groups excluding carboxylic acids is 1. The lowest BCUT2D eigenvalue weighted by atomic mass is 9.78. The van der Waals surface area contributed by atoms with Gasteiger partial charge in [-0.05, 0) is 25.0 Å². The van der Waals surface area contributed by atoms with E-state index in [0.29, 0.717) is 29.2 Å². The number of nitrogens with zero attached hydrogens (tertiary/aromatic N) is 4. The number of hydrogen-bond donors (Lipinski definition) is 1. The third-order valence-electron chi connectivity index (χ3n) is 5.74. The Kier molecular flexibility index (Phi) is 4.73. The molecule has 5 rings (SSSR count). The molecular formula is C21H23N5O3. The van der Waals surface area contributed by atoms with Gasteiger partial charge in [0.1, 0.15) is 11.5 Å². The van der Waals surface area contributed by atoms with E-state index in [1.165, 1.54) is 0 Å². The van der Waals surface area contributed by atoms with Gasteiger partial charge in [0.05, 0.1) is 24.9 Å². The van der Waals surface area contributed by atoms with Crippen molar-refractivity contribution in [2.75, 3.05) is 31.6 Å². The van der Waals surface area contributed by atoms with Crippen molar-refractivity contribution in [1.29, 1.82) is 0 Å². The van der Waals surface area contributed by atoms with Crippen LogP contribution in [0.25, 0.3) is 22.4 Å². The molecule has 0 spiro atoms. The minimum atomic E-state index is 0.0309. The number of oxazole rings is 1. The molecule has 1 N–H and O–H groups in total. The Labute approximate surface area is 168 Å². The fourth-order valence-electron chi connectivity index (χ4n) is 3.97. The van der Waals surface area contributed by atoms with E-state index >= 15 is 0 Å². The predicted octanol–water partition coefficient (Wildman–Crippen LogP) is 2.64. The number of nitrogens with one attached hydrogen (secondary N) is 1. The van der Waals surface area contributed by atoms with E-state index in [0.717, 1.165) is 50.0 Å². The molecule has 0 radical (unpaired) electrons. The lowest BCUT2D eigenvalue weighted by Crippen LogP contribution is -2.52. The van der Waals surface area contributed by atoms with Gasteiger partial charge in [-0.2, -0.15) is 0 Å². The van der Waals surface area contributed by atoms with Crippen LogP contribution in [-0.2, 0) is 9.53 Å². The summed E-state index contributed by atoms with van der Waals surface area (Å²) in [7, 11) is 0. The predicted molar refractivity (Wildman–Crippen MR) is 107 cm³/mol. The maximum Gasteiger partial charge on any atom is 0.228 e. The molecule has 8 nitrogen and oxygen atoms in total. The number of anilines is 1. The molecule has 0 unspecified atom stereocenters. The van der Waals surface area contributed by atoms with Crippen molar-refractivity contribution < 1.29 is 13.9 Å². The highest BCUT2D eigenvalue weighted by molar-refractivity contribution is 5.94. The Morgan fingerprint density at radius 3 is 2.76 bits per heavy atom. The van der Waals surface area contributed by atoms with Gasteiger partial charge >= 0.3 is 0 Å². The number of fused-ring (bicyclic) bond motifs is 1. The number of morpholine rings is 1. The van der Waals surface area contributed by atoms with Crippen molar-refractivity contribution >= 4 is 22.6 Å². The molecule has 0 atom stereocenters. The topological polar surface area (TPSA) is 93.4 Å². The largest absolute Gasteiger partial charge is 0.439 e. The number of hydrogen-bond acceptors (Lipinski definition) is 7. The zero-order chi connectivity index (χ0) is 19.8. The first-order valence-corrected chi connectivity index (χ1v) is 9.98. The summed E-state index contributed by atoms with van der Waals surface area (Å²) in [5.41, 5.74) is 1.45. The Hall–Kier alpha value is -2.84. The molecule has 1 aliphatic carbocycles. The van der Waals surface area contributed by atoms with Gasteiger partial charge in [0.25, 0.3) is 0 Å². The zero-order valence-electron chi connectivity index (χ0n) is 16.3. The van der Waals surface area contributed by atoms with Crippen LogP contribution in [-0.4, -0.2) is 58.1 Å². The average molecular weight is 393 g/mol. The van der Waals surface area contributed by atoms with E-state index in [1.807, 2.05) is 12.1 Å². The Morgan fingerprint density at radius 2 is 2.00 bits per heavy atom. The Balaban J connectivity index is 1.26. The lowest BCUT2D eigenvalue weighted by molar-refractivity contribution is -0.125. The van der Waals surface area contributed by atoms with E-state index in [-0.39, 0.29) is 11.8 Å². The van der Waals surface area contributed by atoms with E-state index in [2.05, 4.69) is 25.2 Å². The van der Waals surface area contributed by atoms with Crippen molar-refractivity contribution in [3.8, 4) is 11.5 Å². The quantitative estimate of drug-likeness (QED) is 0.728. The summed E-state index contributed by atoms with van der Waals surface area (Å²) >= 11 is 0. The number of carbonyl (C=O) groups is 1. The fraction of sp³-hybridized carbons (Fsp3) is 0.429. The van der Waals surface area contributed by atoms with Gasteiger partial charge in [-0.15, -0.1) is 0 Å². The van der Waals surface area contributed by atoms with Crippen LogP contribution in [0, 0.1) is 12.8 Å². The van der Waals surface area contributed by atoms with E-state index < -0.39 is 0 Å². The molecule has 1 saturated carbocycles. The maximum absolute atomic E-state index is 12.6. The van der Waals surface area contributed by atoms with Crippen LogP contribution in [0.5, 0.6) is 0 Å². The first-order valence-electron chi connectivity index (χ1n) is 9.98. The van der Waals surface area contributed by atoms with Gasteiger partial charge in [0.15, 0.2) is 11.7 Å². The molecule has 0 bridgehead atoms.